The maximum absolute atomic E-state index is 13.3. The fraction of sp³-hybridized carbons (Fsp3) is 0.250. The number of nitriles is 1. The first-order valence-corrected chi connectivity index (χ1v) is 3.57. The number of carbonyl (C=O) groups excluding carboxylic acids is 1. The normalized spacial score (nSPS) is 26.9. The second-order valence-corrected chi connectivity index (χ2v) is 2.79. The van der Waals surface area contributed by atoms with Crippen LogP contribution < -0.4 is 5.73 Å². The summed E-state index contributed by atoms with van der Waals surface area (Å²) in [5.74, 6) is -4.47. The van der Waals surface area contributed by atoms with Crippen LogP contribution in [0.2, 0.25) is 0 Å². The number of nitrogens with two attached hydrogens (primary N) is 1. The third-order valence-electron chi connectivity index (χ3n) is 1.79. The van der Waals surface area contributed by atoms with Crippen LogP contribution in [0, 0.1) is 11.3 Å². The van der Waals surface area contributed by atoms with Crippen LogP contribution in [-0.4, -0.2) is 11.6 Å². The molecule has 0 aromatic heterocycles. The SMILES string of the molecule is N#CC1(F)CC(C(N)=O)=CC(F)=C1F. The Morgan fingerprint density at radius 1 is 1.64 bits per heavy atom. The number of carbonyl (C=O) groups is 1. The van der Waals surface area contributed by atoms with E-state index in [1.54, 1.807) is 0 Å². The third kappa shape index (κ3) is 1.48. The molecule has 0 aromatic rings. The molecule has 0 aromatic carbocycles. The molecule has 0 aliphatic heterocycles. The molecule has 74 valence electrons. The Hall–Kier alpha value is -1.77. The Balaban J connectivity index is 3.22. The highest BCUT2D eigenvalue weighted by atomic mass is 19.2. The van der Waals surface area contributed by atoms with E-state index < -0.39 is 35.2 Å². The summed E-state index contributed by atoms with van der Waals surface area (Å²) in [5.41, 5.74) is 1.18. The summed E-state index contributed by atoms with van der Waals surface area (Å²) in [6.45, 7) is 0. The predicted octanol–water partition coefficient (Wildman–Crippen LogP) is 1.18. The van der Waals surface area contributed by atoms with E-state index in [1.807, 2.05) is 0 Å². The van der Waals surface area contributed by atoms with E-state index in [1.165, 1.54) is 0 Å². The summed E-state index contributed by atoms with van der Waals surface area (Å²) < 4.78 is 38.7. The molecule has 1 aliphatic rings. The first-order valence-electron chi connectivity index (χ1n) is 3.57. The Morgan fingerprint density at radius 3 is 2.64 bits per heavy atom. The fourth-order valence-electron chi connectivity index (χ4n) is 1.04. The predicted molar refractivity (Wildman–Crippen MR) is 40.6 cm³/mol. The molecule has 2 N–H and O–H groups in total. The largest absolute Gasteiger partial charge is 0.366 e. The minimum atomic E-state index is -3.12. The highest BCUT2D eigenvalue weighted by Gasteiger charge is 2.42. The van der Waals surface area contributed by atoms with Crippen LogP contribution in [0.25, 0.3) is 0 Å². The van der Waals surface area contributed by atoms with Gasteiger partial charge >= 0.3 is 0 Å². The quantitative estimate of drug-likeness (QED) is 0.693. The van der Waals surface area contributed by atoms with Gasteiger partial charge in [-0.15, -0.1) is 0 Å². The average Bonchev–Trinajstić information content (AvgIpc) is 2.13. The van der Waals surface area contributed by atoms with E-state index in [4.69, 9.17) is 11.0 Å². The summed E-state index contributed by atoms with van der Waals surface area (Å²) in [6.07, 6.45) is -0.370. The van der Waals surface area contributed by atoms with Crippen molar-refractivity contribution in [2.75, 3.05) is 0 Å². The van der Waals surface area contributed by atoms with E-state index in [0.29, 0.717) is 6.08 Å². The number of rotatable bonds is 1. The standard InChI is InChI=1S/C8H5F3N2O/c9-5-1-4(7(13)14)2-8(11,3-12)6(5)10/h1H,2H2,(H2,13,14). The van der Waals surface area contributed by atoms with Gasteiger partial charge in [0, 0.05) is 12.0 Å². The van der Waals surface area contributed by atoms with E-state index >= 15 is 0 Å². The lowest BCUT2D eigenvalue weighted by molar-refractivity contribution is -0.115. The first-order chi connectivity index (χ1) is 6.40. The number of primary amides is 1. The topological polar surface area (TPSA) is 66.9 Å². The number of hydrogen-bond donors (Lipinski definition) is 1. The number of halogens is 3. The Morgan fingerprint density at radius 2 is 2.21 bits per heavy atom. The van der Waals surface area contributed by atoms with Crippen molar-refractivity contribution in [2.24, 2.45) is 5.73 Å². The molecule has 1 rings (SSSR count). The van der Waals surface area contributed by atoms with Crippen LogP contribution >= 0.6 is 0 Å². The molecule has 1 atom stereocenters. The van der Waals surface area contributed by atoms with E-state index in [2.05, 4.69) is 0 Å². The maximum Gasteiger partial charge on any atom is 0.253 e. The van der Waals surface area contributed by atoms with Gasteiger partial charge in [-0.1, -0.05) is 0 Å². The molecule has 1 aliphatic carbocycles. The average molecular weight is 202 g/mol. The van der Waals surface area contributed by atoms with Crippen LogP contribution in [0.5, 0.6) is 0 Å². The second-order valence-electron chi connectivity index (χ2n) is 2.79. The molecule has 0 spiro atoms. The van der Waals surface area contributed by atoms with Gasteiger partial charge in [0.1, 0.15) is 6.07 Å². The van der Waals surface area contributed by atoms with Crippen molar-refractivity contribution in [1.29, 1.82) is 5.26 Å². The van der Waals surface area contributed by atoms with Crippen molar-refractivity contribution in [2.45, 2.75) is 12.1 Å². The highest BCUT2D eigenvalue weighted by molar-refractivity contribution is 5.93. The lowest BCUT2D eigenvalue weighted by Gasteiger charge is -2.19. The third-order valence-corrected chi connectivity index (χ3v) is 1.79. The molecular weight excluding hydrogens is 197 g/mol. The molecule has 1 unspecified atom stereocenters. The molecular formula is C8H5F3N2O. The van der Waals surface area contributed by atoms with Gasteiger partial charge < -0.3 is 5.73 Å². The molecule has 0 saturated carbocycles. The Labute approximate surface area is 77.3 Å². The molecule has 1 amide bonds. The lowest BCUT2D eigenvalue weighted by atomic mass is 9.90. The first kappa shape index (κ1) is 10.3. The maximum atomic E-state index is 13.3. The second kappa shape index (κ2) is 3.18. The molecule has 6 heteroatoms. The number of amides is 1. The molecule has 0 heterocycles. The van der Waals surface area contributed by atoms with Crippen LogP contribution in [0.3, 0.4) is 0 Å². The summed E-state index contributed by atoms with van der Waals surface area (Å²) in [4.78, 5) is 10.6. The summed E-state index contributed by atoms with van der Waals surface area (Å²) in [6, 6.07) is 0.957. The lowest BCUT2D eigenvalue weighted by Crippen LogP contribution is -2.30. The molecule has 0 saturated heterocycles. The van der Waals surface area contributed by atoms with Crippen molar-refractivity contribution in [3.63, 3.8) is 0 Å². The monoisotopic (exact) mass is 202 g/mol. The molecule has 3 nitrogen and oxygen atoms in total. The van der Waals surface area contributed by atoms with Gasteiger partial charge in [-0.05, 0) is 6.08 Å². The van der Waals surface area contributed by atoms with Gasteiger partial charge in [-0.25, -0.2) is 13.2 Å². The van der Waals surface area contributed by atoms with Gasteiger partial charge in [0.2, 0.25) is 5.91 Å². The minimum Gasteiger partial charge on any atom is -0.366 e. The zero-order valence-electron chi connectivity index (χ0n) is 6.85. The van der Waals surface area contributed by atoms with Crippen molar-refractivity contribution in [3.8, 4) is 6.07 Å². The molecule has 0 fully saturated rings. The van der Waals surface area contributed by atoms with Crippen molar-refractivity contribution in [3.05, 3.63) is 23.3 Å². The van der Waals surface area contributed by atoms with Crippen LogP contribution in [0.15, 0.2) is 23.3 Å². The summed E-state index contributed by atoms with van der Waals surface area (Å²) in [5, 5.41) is 8.29. The number of allylic oxidation sites excluding steroid dienone is 3. The van der Waals surface area contributed by atoms with Crippen LogP contribution in [-0.2, 0) is 4.79 Å². The minimum absolute atomic E-state index is 0.451. The molecule has 14 heavy (non-hydrogen) atoms. The fourth-order valence-corrected chi connectivity index (χ4v) is 1.04. The van der Waals surface area contributed by atoms with Crippen molar-refractivity contribution < 1.29 is 18.0 Å². The smallest absolute Gasteiger partial charge is 0.253 e. The zero-order valence-corrected chi connectivity index (χ0v) is 6.85. The van der Waals surface area contributed by atoms with E-state index in [0.717, 1.165) is 6.07 Å². The van der Waals surface area contributed by atoms with Gasteiger partial charge in [0.05, 0.1) is 0 Å². The van der Waals surface area contributed by atoms with Gasteiger partial charge in [-0.3, -0.25) is 4.79 Å². The van der Waals surface area contributed by atoms with Gasteiger partial charge in [0.15, 0.2) is 11.7 Å². The van der Waals surface area contributed by atoms with Crippen molar-refractivity contribution in [1.82, 2.24) is 0 Å². The Bertz CT molecular complexity index is 394. The molecule has 0 bridgehead atoms. The number of hydrogen-bond acceptors (Lipinski definition) is 2. The summed E-state index contributed by atoms with van der Waals surface area (Å²) >= 11 is 0. The van der Waals surface area contributed by atoms with Gasteiger partial charge in [-0.2, -0.15) is 5.26 Å². The highest BCUT2D eigenvalue weighted by Crippen LogP contribution is 2.37. The van der Waals surface area contributed by atoms with Gasteiger partial charge in [0.25, 0.3) is 5.67 Å². The van der Waals surface area contributed by atoms with Crippen LogP contribution in [0.1, 0.15) is 6.42 Å². The number of nitrogens with zero attached hydrogens (tertiary/aromatic N) is 1. The van der Waals surface area contributed by atoms with E-state index in [-0.39, 0.29) is 0 Å². The zero-order chi connectivity index (χ0) is 10.9. The van der Waals surface area contributed by atoms with Crippen LogP contribution in [0.4, 0.5) is 13.2 Å². The molecule has 0 radical (unpaired) electrons. The Kier molecular flexibility index (Phi) is 2.34. The summed E-state index contributed by atoms with van der Waals surface area (Å²) in [7, 11) is 0. The van der Waals surface area contributed by atoms with Crippen molar-refractivity contribution >= 4 is 5.91 Å². The number of alkyl halides is 1. The van der Waals surface area contributed by atoms with E-state index in [9.17, 15) is 18.0 Å².